The molecule has 0 saturated carbocycles. The number of benzene rings is 5. The van der Waals surface area contributed by atoms with E-state index in [1.807, 2.05) is 17.4 Å². The van der Waals surface area contributed by atoms with E-state index in [-0.39, 0.29) is 0 Å². The van der Waals surface area contributed by atoms with Crippen molar-refractivity contribution in [2.45, 2.75) is 0 Å². The molecule has 0 N–H and O–H groups in total. The van der Waals surface area contributed by atoms with Crippen molar-refractivity contribution in [3.05, 3.63) is 121 Å². The number of fused-ring (bicyclic) bond motifs is 8. The van der Waals surface area contributed by atoms with Gasteiger partial charge in [0.1, 0.15) is 0 Å². The summed E-state index contributed by atoms with van der Waals surface area (Å²) in [5, 5.41) is 8.69. The normalized spacial score (nSPS) is 11.8. The minimum absolute atomic E-state index is 0.892. The van der Waals surface area contributed by atoms with Crippen LogP contribution in [0, 0.1) is 0 Å². The van der Waals surface area contributed by atoms with Crippen molar-refractivity contribution in [3.63, 3.8) is 0 Å². The minimum Gasteiger partial charge on any atom is -0.246 e. The van der Waals surface area contributed by atoms with Gasteiger partial charge in [-0.15, -0.1) is 11.3 Å². The zero-order chi connectivity index (χ0) is 24.3. The molecule has 0 unspecified atom stereocenters. The molecule has 0 aliphatic carbocycles. The quantitative estimate of drug-likeness (QED) is 0.226. The SMILES string of the molecule is c1cc(-c2nc3ccccc3c3ccccc23)nc(-c2cccc3c2sc2ccc4ccccc4c23)c1. The summed E-state index contributed by atoms with van der Waals surface area (Å²) in [6.45, 7) is 0. The zero-order valence-electron chi connectivity index (χ0n) is 19.8. The molecule has 0 amide bonds. The summed E-state index contributed by atoms with van der Waals surface area (Å²) in [6, 6.07) is 42.8. The van der Waals surface area contributed by atoms with Crippen molar-refractivity contribution >= 4 is 64.0 Å². The first kappa shape index (κ1) is 20.6. The molecular weight excluding hydrogens is 468 g/mol. The van der Waals surface area contributed by atoms with Gasteiger partial charge in [0.05, 0.1) is 22.6 Å². The van der Waals surface area contributed by atoms with Crippen LogP contribution in [0.15, 0.2) is 121 Å². The molecule has 0 bridgehead atoms. The Balaban J connectivity index is 1.38. The lowest BCUT2D eigenvalue weighted by Crippen LogP contribution is -1.93. The fraction of sp³-hybridized carbons (Fsp3) is 0. The van der Waals surface area contributed by atoms with Crippen LogP contribution in [0.2, 0.25) is 0 Å². The third-order valence-corrected chi connectivity index (χ3v) is 8.47. The number of aromatic nitrogens is 2. The Morgan fingerprint density at radius 1 is 0.459 bits per heavy atom. The van der Waals surface area contributed by atoms with Gasteiger partial charge < -0.3 is 0 Å². The molecule has 8 aromatic rings. The van der Waals surface area contributed by atoms with Gasteiger partial charge in [-0.2, -0.15) is 0 Å². The van der Waals surface area contributed by atoms with Gasteiger partial charge in [0.15, 0.2) is 0 Å². The highest BCUT2D eigenvalue weighted by atomic mass is 32.1. The average molecular weight is 489 g/mol. The highest BCUT2D eigenvalue weighted by molar-refractivity contribution is 7.26. The minimum atomic E-state index is 0.892. The number of hydrogen-bond donors (Lipinski definition) is 0. The second-order valence-corrected chi connectivity index (χ2v) is 10.4. The van der Waals surface area contributed by atoms with Crippen LogP contribution in [0.3, 0.4) is 0 Å². The molecule has 0 atom stereocenters. The van der Waals surface area contributed by atoms with Crippen LogP contribution in [0.25, 0.3) is 75.3 Å². The maximum absolute atomic E-state index is 5.20. The van der Waals surface area contributed by atoms with Gasteiger partial charge in [0.2, 0.25) is 0 Å². The first-order chi connectivity index (χ1) is 18.3. The van der Waals surface area contributed by atoms with Gasteiger partial charge >= 0.3 is 0 Å². The summed E-state index contributed by atoms with van der Waals surface area (Å²) in [6.07, 6.45) is 0. The fourth-order valence-corrected chi connectivity index (χ4v) is 6.83. The summed E-state index contributed by atoms with van der Waals surface area (Å²) in [5.41, 5.74) is 4.93. The van der Waals surface area contributed by atoms with Gasteiger partial charge in [-0.1, -0.05) is 97.1 Å². The molecule has 3 heterocycles. The highest BCUT2D eigenvalue weighted by Gasteiger charge is 2.15. The molecule has 0 fully saturated rings. The highest BCUT2D eigenvalue weighted by Crippen LogP contribution is 2.42. The van der Waals surface area contributed by atoms with E-state index in [4.69, 9.17) is 9.97 Å². The van der Waals surface area contributed by atoms with Crippen LogP contribution in [0.4, 0.5) is 0 Å². The van der Waals surface area contributed by atoms with Crippen molar-refractivity contribution in [1.82, 2.24) is 9.97 Å². The smallest absolute Gasteiger partial charge is 0.0972 e. The van der Waals surface area contributed by atoms with E-state index in [0.29, 0.717) is 0 Å². The Labute approximate surface area is 217 Å². The Hall–Kier alpha value is -4.60. The Bertz CT molecular complexity index is 2160. The molecule has 2 nitrogen and oxygen atoms in total. The third-order valence-electron chi connectivity index (χ3n) is 7.26. The van der Waals surface area contributed by atoms with E-state index in [0.717, 1.165) is 33.5 Å². The number of thiophene rings is 1. The molecule has 0 aliphatic heterocycles. The van der Waals surface area contributed by atoms with Crippen LogP contribution >= 0.6 is 11.3 Å². The predicted molar refractivity (Wildman–Crippen MR) is 158 cm³/mol. The zero-order valence-corrected chi connectivity index (χ0v) is 20.7. The number of hydrogen-bond acceptors (Lipinski definition) is 3. The van der Waals surface area contributed by atoms with Gasteiger partial charge in [0, 0.05) is 36.5 Å². The first-order valence-corrected chi connectivity index (χ1v) is 13.2. The van der Waals surface area contributed by atoms with Crippen molar-refractivity contribution in [1.29, 1.82) is 0 Å². The van der Waals surface area contributed by atoms with E-state index in [1.54, 1.807) is 0 Å². The number of nitrogens with zero attached hydrogens (tertiary/aromatic N) is 2. The Kier molecular flexibility index (Phi) is 4.42. The third kappa shape index (κ3) is 3.11. The standard InChI is InChI=1S/C34H20N2S/c1-2-10-22-21(9-1)19-20-31-32(22)27-15-7-14-26(34(27)37-31)29-17-8-18-30(35-29)33-25-13-4-3-11-23(25)24-12-5-6-16-28(24)36-33/h1-20H. The van der Waals surface area contributed by atoms with Crippen molar-refractivity contribution in [2.24, 2.45) is 0 Å². The second-order valence-electron chi connectivity index (χ2n) is 9.38. The molecule has 8 rings (SSSR count). The lowest BCUT2D eigenvalue weighted by Gasteiger charge is -2.11. The average Bonchev–Trinajstić information content (AvgIpc) is 3.36. The molecule has 172 valence electrons. The molecule has 3 aromatic heterocycles. The molecular formula is C34H20N2S. The van der Waals surface area contributed by atoms with E-state index >= 15 is 0 Å². The maximum atomic E-state index is 5.20. The maximum Gasteiger partial charge on any atom is 0.0972 e. The monoisotopic (exact) mass is 488 g/mol. The molecule has 37 heavy (non-hydrogen) atoms. The lowest BCUT2D eigenvalue weighted by molar-refractivity contribution is 1.29. The topological polar surface area (TPSA) is 25.8 Å². The molecule has 0 saturated heterocycles. The molecule has 3 heteroatoms. The second kappa shape index (κ2) is 7.95. The Morgan fingerprint density at radius 3 is 2.08 bits per heavy atom. The summed E-state index contributed by atoms with van der Waals surface area (Å²) in [7, 11) is 0. The van der Waals surface area contributed by atoms with Gasteiger partial charge in [-0.25, -0.2) is 9.97 Å². The van der Waals surface area contributed by atoms with Gasteiger partial charge in [-0.3, -0.25) is 0 Å². The van der Waals surface area contributed by atoms with E-state index in [1.165, 1.54) is 41.7 Å². The van der Waals surface area contributed by atoms with Crippen molar-refractivity contribution in [2.75, 3.05) is 0 Å². The number of para-hydroxylation sites is 1. The van der Waals surface area contributed by atoms with E-state index in [9.17, 15) is 0 Å². The molecule has 0 spiro atoms. The van der Waals surface area contributed by atoms with Crippen LogP contribution in [0.5, 0.6) is 0 Å². The molecule has 0 aliphatic rings. The van der Waals surface area contributed by atoms with Gasteiger partial charge in [0.25, 0.3) is 0 Å². The summed E-state index contributed by atoms with van der Waals surface area (Å²) in [5.74, 6) is 0. The number of pyridine rings is 2. The summed E-state index contributed by atoms with van der Waals surface area (Å²) < 4.78 is 2.58. The van der Waals surface area contributed by atoms with Gasteiger partial charge in [-0.05, 0) is 40.4 Å². The van der Waals surface area contributed by atoms with E-state index in [2.05, 4.69) is 115 Å². The molecule has 5 aromatic carbocycles. The van der Waals surface area contributed by atoms with Crippen LogP contribution in [-0.4, -0.2) is 9.97 Å². The number of rotatable bonds is 2. The van der Waals surface area contributed by atoms with Crippen LogP contribution in [-0.2, 0) is 0 Å². The van der Waals surface area contributed by atoms with Crippen molar-refractivity contribution in [3.8, 4) is 22.6 Å². The summed E-state index contributed by atoms with van der Waals surface area (Å²) >= 11 is 1.85. The summed E-state index contributed by atoms with van der Waals surface area (Å²) in [4.78, 5) is 10.3. The molecule has 0 radical (unpaired) electrons. The van der Waals surface area contributed by atoms with Crippen LogP contribution < -0.4 is 0 Å². The lowest BCUT2D eigenvalue weighted by atomic mass is 10.0. The van der Waals surface area contributed by atoms with Crippen LogP contribution in [0.1, 0.15) is 0 Å². The predicted octanol–water partition coefficient (Wildman–Crippen LogP) is 9.64. The van der Waals surface area contributed by atoms with Crippen molar-refractivity contribution < 1.29 is 0 Å². The largest absolute Gasteiger partial charge is 0.246 e. The fourth-order valence-electron chi connectivity index (χ4n) is 5.59. The van der Waals surface area contributed by atoms with E-state index < -0.39 is 0 Å². The Morgan fingerprint density at radius 2 is 1.16 bits per heavy atom. The first-order valence-electron chi connectivity index (χ1n) is 12.4.